The van der Waals surface area contributed by atoms with Crippen LogP contribution in [0.3, 0.4) is 0 Å². The lowest BCUT2D eigenvalue weighted by Gasteiger charge is -2.27. The number of nitrogens with zero attached hydrogens (tertiary/aromatic N) is 2. The van der Waals surface area contributed by atoms with Gasteiger partial charge in [-0.1, -0.05) is 24.4 Å². The Kier molecular flexibility index (Phi) is 4.32. The fraction of sp³-hybridized carbons (Fsp3) is 0.615. The van der Waals surface area contributed by atoms with Gasteiger partial charge in [-0.25, -0.2) is 4.68 Å². The Morgan fingerprint density at radius 2 is 2.20 bits per heavy atom. The molecule has 1 saturated carbocycles. The summed E-state index contributed by atoms with van der Waals surface area (Å²) in [7, 11) is 1.26. The number of halogens is 1. The summed E-state index contributed by atoms with van der Waals surface area (Å²) in [5.74, 6) is -0.542. The van der Waals surface area contributed by atoms with E-state index < -0.39 is 11.5 Å². The third-order valence-corrected chi connectivity index (χ3v) is 4.00. The summed E-state index contributed by atoms with van der Waals surface area (Å²) in [5.41, 5.74) is -0.0300. The monoisotopic (exact) mass is 299 g/mol. The number of carbonyl (C=O) groups excluding carboxylic acids is 1. The van der Waals surface area contributed by atoms with E-state index in [1.807, 2.05) is 0 Å². The summed E-state index contributed by atoms with van der Waals surface area (Å²) in [4.78, 5) is 23.2. The molecule has 7 heteroatoms. The predicted molar refractivity (Wildman–Crippen MR) is 76.0 cm³/mol. The van der Waals surface area contributed by atoms with Crippen molar-refractivity contribution in [3.05, 3.63) is 21.6 Å². The predicted octanol–water partition coefficient (Wildman–Crippen LogP) is 1.81. The molecule has 0 spiro atoms. The van der Waals surface area contributed by atoms with Crippen LogP contribution < -0.4 is 10.9 Å². The van der Waals surface area contributed by atoms with E-state index in [4.69, 9.17) is 11.6 Å². The number of methoxy groups -OCH3 is 1. The lowest BCUT2D eigenvalue weighted by molar-refractivity contribution is -0.141. The lowest BCUT2D eigenvalue weighted by Crippen LogP contribution is -2.33. The molecule has 0 aliphatic heterocycles. The largest absolute Gasteiger partial charge is 0.468 e. The Hall–Kier alpha value is -1.56. The van der Waals surface area contributed by atoms with Crippen LogP contribution in [0.1, 0.15) is 32.6 Å². The molecule has 1 fully saturated rings. The molecule has 1 aromatic heterocycles. The molecule has 2 rings (SSSR count). The van der Waals surface area contributed by atoms with Gasteiger partial charge in [0.25, 0.3) is 5.56 Å². The number of carbonyl (C=O) groups is 1. The van der Waals surface area contributed by atoms with Gasteiger partial charge in [0.1, 0.15) is 11.6 Å². The summed E-state index contributed by atoms with van der Waals surface area (Å²) < 4.78 is 5.50. The molecule has 1 aromatic rings. The molecule has 0 bridgehead atoms. The topological polar surface area (TPSA) is 73.2 Å². The van der Waals surface area contributed by atoms with Gasteiger partial charge in [-0.15, -0.1) is 0 Å². The van der Waals surface area contributed by atoms with Crippen molar-refractivity contribution in [1.82, 2.24) is 9.78 Å². The highest BCUT2D eigenvalue weighted by molar-refractivity contribution is 6.32. The summed E-state index contributed by atoms with van der Waals surface area (Å²) in [6.45, 7) is 1.86. The third kappa shape index (κ3) is 3.12. The first-order chi connectivity index (χ1) is 9.45. The normalized spacial score (nSPS) is 16.9. The Balaban J connectivity index is 2.22. The molecule has 1 N–H and O–H groups in total. The fourth-order valence-electron chi connectivity index (χ4n) is 2.46. The van der Waals surface area contributed by atoms with Crippen LogP contribution in [0.5, 0.6) is 0 Å². The standard InChI is InChI=1S/C13H18ClN3O3/c1-13(5-3-4-6-13)16-9-7-15-17(8-10(18)20-2)12(19)11(9)14/h7,16H,3-6,8H2,1-2H3. The smallest absolute Gasteiger partial charge is 0.327 e. The van der Waals surface area contributed by atoms with E-state index in [1.54, 1.807) is 0 Å². The molecule has 0 unspecified atom stereocenters. The molecule has 1 heterocycles. The maximum Gasteiger partial charge on any atom is 0.327 e. The van der Waals surface area contributed by atoms with Gasteiger partial charge < -0.3 is 10.1 Å². The highest BCUT2D eigenvalue weighted by Gasteiger charge is 2.29. The highest BCUT2D eigenvalue weighted by atomic mass is 35.5. The Morgan fingerprint density at radius 1 is 1.55 bits per heavy atom. The maximum absolute atomic E-state index is 12.0. The van der Waals surface area contributed by atoms with Crippen LogP contribution in [-0.2, 0) is 16.1 Å². The second kappa shape index (κ2) is 5.83. The molecule has 0 aromatic carbocycles. The summed E-state index contributed by atoms with van der Waals surface area (Å²) >= 11 is 6.08. The number of anilines is 1. The van der Waals surface area contributed by atoms with E-state index in [0.29, 0.717) is 5.69 Å². The van der Waals surface area contributed by atoms with Crippen LogP contribution in [0.2, 0.25) is 5.02 Å². The van der Waals surface area contributed by atoms with Gasteiger partial charge in [0.05, 0.1) is 19.0 Å². The zero-order chi connectivity index (χ0) is 14.8. The van der Waals surface area contributed by atoms with Gasteiger partial charge in [0.15, 0.2) is 0 Å². The Labute approximate surface area is 122 Å². The minimum Gasteiger partial charge on any atom is -0.468 e. The number of ether oxygens (including phenoxy) is 1. The first-order valence-corrected chi connectivity index (χ1v) is 6.93. The van der Waals surface area contributed by atoms with Crippen molar-refractivity contribution in [1.29, 1.82) is 0 Å². The number of aromatic nitrogens is 2. The second-order valence-corrected chi connectivity index (χ2v) is 5.68. The van der Waals surface area contributed by atoms with E-state index in [9.17, 15) is 9.59 Å². The lowest BCUT2D eigenvalue weighted by atomic mass is 10.0. The quantitative estimate of drug-likeness (QED) is 0.859. The van der Waals surface area contributed by atoms with E-state index in [2.05, 4.69) is 22.1 Å². The molecule has 0 atom stereocenters. The molecule has 0 amide bonds. The second-order valence-electron chi connectivity index (χ2n) is 5.30. The van der Waals surface area contributed by atoms with E-state index in [1.165, 1.54) is 13.3 Å². The van der Waals surface area contributed by atoms with Gasteiger partial charge in [-0.2, -0.15) is 5.10 Å². The average molecular weight is 300 g/mol. The molecular formula is C13H18ClN3O3. The van der Waals surface area contributed by atoms with Crippen molar-refractivity contribution in [2.45, 2.75) is 44.7 Å². The molecule has 0 saturated heterocycles. The van der Waals surface area contributed by atoms with Crippen molar-refractivity contribution in [2.24, 2.45) is 0 Å². The molecule has 1 aliphatic rings. The molecule has 110 valence electrons. The SMILES string of the molecule is COC(=O)Cn1ncc(NC2(C)CCCC2)c(Cl)c1=O. The van der Waals surface area contributed by atoms with E-state index >= 15 is 0 Å². The van der Waals surface area contributed by atoms with Crippen LogP contribution in [0.4, 0.5) is 5.69 Å². The zero-order valence-electron chi connectivity index (χ0n) is 11.6. The van der Waals surface area contributed by atoms with E-state index in [-0.39, 0.29) is 17.1 Å². The van der Waals surface area contributed by atoms with Gasteiger partial charge in [0.2, 0.25) is 0 Å². The van der Waals surface area contributed by atoms with Crippen molar-refractivity contribution < 1.29 is 9.53 Å². The molecular weight excluding hydrogens is 282 g/mol. The van der Waals surface area contributed by atoms with E-state index in [0.717, 1.165) is 30.4 Å². The van der Waals surface area contributed by atoms with Crippen LogP contribution in [0, 0.1) is 0 Å². The molecule has 20 heavy (non-hydrogen) atoms. The number of nitrogens with one attached hydrogen (secondary N) is 1. The van der Waals surface area contributed by atoms with Gasteiger partial charge in [-0.3, -0.25) is 9.59 Å². The summed E-state index contributed by atoms with van der Waals surface area (Å²) in [5, 5.41) is 7.31. The minimum atomic E-state index is -0.542. The summed E-state index contributed by atoms with van der Waals surface area (Å²) in [6.07, 6.45) is 5.88. The van der Waals surface area contributed by atoms with Crippen LogP contribution >= 0.6 is 11.6 Å². The number of hydrogen-bond donors (Lipinski definition) is 1. The summed E-state index contributed by atoms with van der Waals surface area (Å²) in [6, 6.07) is 0. The average Bonchev–Trinajstić information content (AvgIpc) is 2.85. The minimum absolute atomic E-state index is 0.0493. The fourth-order valence-corrected chi connectivity index (χ4v) is 2.65. The maximum atomic E-state index is 12.0. The third-order valence-electron chi connectivity index (χ3n) is 3.63. The van der Waals surface area contributed by atoms with Gasteiger partial charge in [-0.05, 0) is 19.8 Å². The Bertz CT molecular complexity index is 564. The van der Waals surface area contributed by atoms with Crippen molar-refractivity contribution >= 4 is 23.3 Å². The zero-order valence-corrected chi connectivity index (χ0v) is 12.4. The Morgan fingerprint density at radius 3 is 2.80 bits per heavy atom. The molecule has 0 radical (unpaired) electrons. The van der Waals surface area contributed by atoms with Crippen molar-refractivity contribution in [3.63, 3.8) is 0 Å². The van der Waals surface area contributed by atoms with Crippen molar-refractivity contribution in [2.75, 3.05) is 12.4 Å². The van der Waals surface area contributed by atoms with Crippen LogP contribution in [0.25, 0.3) is 0 Å². The van der Waals surface area contributed by atoms with Gasteiger partial charge in [0, 0.05) is 5.54 Å². The number of esters is 1. The first-order valence-electron chi connectivity index (χ1n) is 6.56. The molecule has 6 nitrogen and oxygen atoms in total. The van der Waals surface area contributed by atoms with Crippen molar-refractivity contribution in [3.8, 4) is 0 Å². The highest BCUT2D eigenvalue weighted by Crippen LogP contribution is 2.33. The molecule has 1 aliphatic carbocycles. The number of hydrogen-bond acceptors (Lipinski definition) is 5. The van der Waals surface area contributed by atoms with Gasteiger partial charge >= 0.3 is 5.97 Å². The van der Waals surface area contributed by atoms with Crippen LogP contribution in [-0.4, -0.2) is 28.4 Å². The van der Waals surface area contributed by atoms with Crippen LogP contribution in [0.15, 0.2) is 11.0 Å². The first kappa shape index (κ1) is 14.8. The number of rotatable bonds is 4.